The third-order valence-electron chi connectivity index (χ3n) is 4.55. The van der Waals surface area contributed by atoms with Crippen LogP contribution in [0.2, 0.25) is 0 Å². The van der Waals surface area contributed by atoms with Crippen molar-refractivity contribution in [2.24, 2.45) is 11.8 Å². The minimum atomic E-state index is -0.964. The second-order valence-electron chi connectivity index (χ2n) is 7.37. The molecule has 0 saturated carbocycles. The van der Waals surface area contributed by atoms with Gasteiger partial charge in [-0.1, -0.05) is 65.7 Å². The monoisotopic (exact) mass is 371 g/mol. The molecule has 26 heavy (non-hydrogen) atoms. The van der Waals surface area contributed by atoms with Gasteiger partial charge in [0.25, 0.3) is 0 Å². The fraction of sp³-hybridized carbons (Fsp3) is 0.850. The molecule has 0 aliphatic carbocycles. The summed E-state index contributed by atoms with van der Waals surface area (Å²) in [6.07, 6.45) is 8.31. The molecule has 6 nitrogen and oxygen atoms in total. The van der Waals surface area contributed by atoms with Crippen LogP contribution in [0.3, 0.4) is 0 Å². The van der Waals surface area contributed by atoms with Crippen LogP contribution in [0.25, 0.3) is 0 Å². The van der Waals surface area contributed by atoms with Crippen molar-refractivity contribution >= 4 is 17.8 Å². The Balaban J connectivity index is 4.46. The topological polar surface area (TPSA) is 92.7 Å². The van der Waals surface area contributed by atoms with Gasteiger partial charge in [0.1, 0.15) is 6.61 Å². The van der Waals surface area contributed by atoms with Crippen molar-refractivity contribution in [2.75, 3.05) is 6.61 Å². The van der Waals surface area contributed by atoms with Gasteiger partial charge in [0.05, 0.1) is 12.5 Å². The zero-order valence-electron chi connectivity index (χ0n) is 16.9. The molecule has 152 valence electrons. The number of amides is 1. The number of hydrogen-bond donors (Lipinski definition) is 2. The molecule has 0 rings (SSSR count). The van der Waals surface area contributed by atoms with E-state index in [1.807, 2.05) is 13.8 Å². The molecule has 0 aromatic rings. The van der Waals surface area contributed by atoms with Gasteiger partial charge in [0, 0.05) is 12.8 Å². The lowest BCUT2D eigenvalue weighted by atomic mass is 9.95. The summed E-state index contributed by atoms with van der Waals surface area (Å²) < 4.78 is 5.00. The SMILES string of the molecule is CCCCCCCCC[C@H](CC(=O)O)C(=O)N[C@H](COC(C)=O)C(C)C. The maximum atomic E-state index is 12.5. The Kier molecular flexibility index (Phi) is 13.7. The summed E-state index contributed by atoms with van der Waals surface area (Å²) in [5, 5.41) is 12.0. The number of carbonyl (C=O) groups excluding carboxylic acids is 2. The molecule has 2 atom stereocenters. The van der Waals surface area contributed by atoms with Gasteiger partial charge in [0.2, 0.25) is 5.91 Å². The number of carboxylic acid groups (broad SMARTS) is 1. The number of esters is 1. The number of carboxylic acids is 1. The fourth-order valence-corrected chi connectivity index (χ4v) is 2.79. The molecule has 0 bridgehead atoms. The van der Waals surface area contributed by atoms with Gasteiger partial charge in [-0.3, -0.25) is 14.4 Å². The van der Waals surface area contributed by atoms with E-state index in [2.05, 4.69) is 12.2 Å². The van der Waals surface area contributed by atoms with Gasteiger partial charge >= 0.3 is 11.9 Å². The Morgan fingerprint density at radius 2 is 1.58 bits per heavy atom. The second-order valence-corrected chi connectivity index (χ2v) is 7.37. The number of nitrogens with one attached hydrogen (secondary N) is 1. The quantitative estimate of drug-likeness (QED) is 0.336. The first kappa shape index (κ1) is 24.4. The van der Waals surface area contributed by atoms with Crippen molar-refractivity contribution in [2.45, 2.75) is 91.5 Å². The molecular weight excluding hydrogens is 334 g/mol. The largest absolute Gasteiger partial charge is 0.481 e. The van der Waals surface area contributed by atoms with E-state index in [9.17, 15) is 14.4 Å². The zero-order chi connectivity index (χ0) is 19.9. The van der Waals surface area contributed by atoms with E-state index in [4.69, 9.17) is 9.84 Å². The standard InChI is InChI=1S/C20H37NO5/c1-5-6-7-8-9-10-11-12-17(13-19(23)24)20(25)21-18(15(2)3)14-26-16(4)22/h15,17-18H,5-14H2,1-4H3,(H,21,25)(H,23,24)/t17-,18-/m1/s1. The van der Waals surface area contributed by atoms with Gasteiger partial charge in [-0.05, 0) is 12.3 Å². The highest BCUT2D eigenvalue weighted by molar-refractivity contribution is 5.83. The van der Waals surface area contributed by atoms with Crippen LogP contribution in [-0.2, 0) is 19.1 Å². The van der Waals surface area contributed by atoms with E-state index < -0.39 is 17.9 Å². The Labute approximate surface area is 158 Å². The van der Waals surface area contributed by atoms with Crippen molar-refractivity contribution in [3.8, 4) is 0 Å². The van der Waals surface area contributed by atoms with Crippen LogP contribution < -0.4 is 5.32 Å². The van der Waals surface area contributed by atoms with E-state index in [0.29, 0.717) is 6.42 Å². The van der Waals surface area contributed by atoms with Crippen molar-refractivity contribution in [3.63, 3.8) is 0 Å². The van der Waals surface area contributed by atoms with E-state index in [1.54, 1.807) is 0 Å². The second kappa shape index (κ2) is 14.6. The maximum absolute atomic E-state index is 12.5. The first-order valence-electron chi connectivity index (χ1n) is 9.93. The molecule has 0 saturated heterocycles. The average Bonchev–Trinajstić information content (AvgIpc) is 2.55. The van der Waals surface area contributed by atoms with Crippen LogP contribution in [-0.4, -0.2) is 35.6 Å². The molecule has 0 radical (unpaired) electrons. The van der Waals surface area contributed by atoms with Crippen LogP contribution in [0.1, 0.15) is 85.5 Å². The minimum Gasteiger partial charge on any atom is -0.481 e. The summed E-state index contributed by atoms with van der Waals surface area (Å²) in [5.41, 5.74) is 0. The molecule has 2 N–H and O–H groups in total. The van der Waals surface area contributed by atoms with E-state index in [1.165, 1.54) is 32.6 Å². The lowest BCUT2D eigenvalue weighted by molar-refractivity contribution is -0.143. The Morgan fingerprint density at radius 1 is 1.00 bits per heavy atom. The highest BCUT2D eigenvalue weighted by atomic mass is 16.5. The molecule has 0 aromatic carbocycles. The number of aliphatic carboxylic acids is 1. The zero-order valence-corrected chi connectivity index (χ0v) is 16.9. The minimum absolute atomic E-state index is 0.0855. The predicted octanol–water partition coefficient (Wildman–Crippen LogP) is 3.92. The molecule has 0 unspecified atom stereocenters. The van der Waals surface area contributed by atoms with Crippen molar-refractivity contribution in [1.29, 1.82) is 0 Å². The summed E-state index contributed by atoms with van der Waals surface area (Å²) >= 11 is 0. The number of carbonyl (C=O) groups is 3. The Morgan fingerprint density at radius 3 is 2.08 bits per heavy atom. The smallest absolute Gasteiger partial charge is 0.304 e. The molecule has 0 fully saturated rings. The Hall–Kier alpha value is -1.59. The van der Waals surface area contributed by atoms with Crippen molar-refractivity contribution < 1.29 is 24.2 Å². The number of rotatable bonds is 15. The van der Waals surface area contributed by atoms with Crippen LogP contribution >= 0.6 is 0 Å². The van der Waals surface area contributed by atoms with Gasteiger partial charge in [-0.25, -0.2) is 0 Å². The predicted molar refractivity (Wildman–Crippen MR) is 102 cm³/mol. The molecule has 0 aromatic heterocycles. The molecule has 0 aliphatic heterocycles. The first-order chi connectivity index (χ1) is 12.3. The van der Waals surface area contributed by atoms with Gasteiger partial charge < -0.3 is 15.2 Å². The number of unbranched alkanes of at least 4 members (excludes halogenated alkanes) is 6. The van der Waals surface area contributed by atoms with E-state index in [-0.39, 0.29) is 30.9 Å². The third kappa shape index (κ3) is 12.7. The molecule has 0 aliphatic rings. The fourth-order valence-electron chi connectivity index (χ4n) is 2.79. The number of ether oxygens (including phenoxy) is 1. The van der Waals surface area contributed by atoms with Crippen molar-refractivity contribution in [3.05, 3.63) is 0 Å². The lowest BCUT2D eigenvalue weighted by Gasteiger charge is -2.24. The summed E-state index contributed by atoms with van der Waals surface area (Å²) in [6.45, 7) is 7.47. The van der Waals surface area contributed by atoms with Crippen molar-refractivity contribution in [1.82, 2.24) is 5.32 Å². The van der Waals surface area contributed by atoms with Crippen LogP contribution in [0, 0.1) is 11.8 Å². The number of hydrogen-bond acceptors (Lipinski definition) is 4. The summed E-state index contributed by atoms with van der Waals surface area (Å²) in [6, 6.07) is -0.309. The summed E-state index contributed by atoms with van der Waals surface area (Å²) in [4.78, 5) is 34.6. The summed E-state index contributed by atoms with van der Waals surface area (Å²) in [5.74, 6) is -2.07. The lowest BCUT2D eigenvalue weighted by Crippen LogP contribution is -2.45. The Bertz CT molecular complexity index is 422. The normalized spacial score (nSPS) is 13.3. The average molecular weight is 372 g/mol. The van der Waals surface area contributed by atoms with E-state index in [0.717, 1.165) is 19.3 Å². The summed E-state index contributed by atoms with van der Waals surface area (Å²) in [7, 11) is 0. The highest BCUT2D eigenvalue weighted by Crippen LogP contribution is 2.17. The van der Waals surface area contributed by atoms with E-state index >= 15 is 0 Å². The van der Waals surface area contributed by atoms with Crippen LogP contribution in [0.4, 0.5) is 0 Å². The maximum Gasteiger partial charge on any atom is 0.304 e. The molecular formula is C20H37NO5. The van der Waals surface area contributed by atoms with Crippen LogP contribution in [0.5, 0.6) is 0 Å². The first-order valence-corrected chi connectivity index (χ1v) is 9.93. The molecule has 0 heterocycles. The van der Waals surface area contributed by atoms with Gasteiger partial charge in [-0.2, -0.15) is 0 Å². The molecule has 1 amide bonds. The molecule has 6 heteroatoms. The van der Waals surface area contributed by atoms with Crippen LogP contribution in [0.15, 0.2) is 0 Å². The van der Waals surface area contributed by atoms with Gasteiger partial charge in [0.15, 0.2) is 0 Å². The highest BCUT2D eigenvalue weighted by Gasteiger charge is 2.25. The molecule has 0 spiro atoms. The van der Waals surface area contributed by atoms with Gasteiger partial charge in [-0.15, -0.1) is 0 Å². The third-order valence-corrected chi connectivity index (χ3v) is 4.55.